The maximum Gasteiger partial charge on any atom is 0.0772 e. The van der Waals surface area contributed by atoms with E-state index in [9.17, 15) is 5.11 Å². The second kappa shape index (κ2) is 6.06. The molecule has 0 aromatic carbocycles. The van der Waals surface area contributed by atoms with Crippen molar-refractivity contribution in [2.75, 3.05) is 6.54 Å². The smallest absolute Gasteiger partial charge is 0.0772 e. The Morgan fingerprint density at radius 1 is 1.53 bits per heavy atom. The molecule has 0 saturated heterocycles. The van der Waals surface area contributed by atoms with Crippen LogP contribution in [0.15, 0.2) is 12.4 Å². The fourth-order valence-electron chi connectivity index (χ4n) is 2.71. The van der Waals surface area contributed by atoms with E-state index in [4.69, 9.17) is 0 Å². The van der Waals surface area contributed by atoms with E-state index in [0.29, 0.717) is 6.54 Å². The zero-order valence-corrected chi connectivity index (χ0v) is 12.4. The van der Waals surface area contributed by atoms with Crippen LogP contribution in [0.3, 0.4) is 0 Å². The molecule has 2 rings (SSSR count). The average Bonchev–Trinajstić information content (AvgIpc) is 2.89. The van der Waals surface area contributed by atoms with Crippen molar-refractivity contribution >= 4 is 0 Å². The second-order valence-electron chi connectivity index (χ2n) is 6.14. The van der Waals surface area contributed by atoms with Gasteiger partial charge in [-0.05, 0) is 45.4 Å². The Morgan fingerprint density at radius 3 is 2.79 bits per heavy atom. The number of nitrogens with one attached hydrogen (secondary N) is 1. The molecule has 0 radical (unpaired) electrons. The zero-order chi connectivity index (χ0) is 13.9. The highest BCUT2D eigenvalue weighted by Crippen LogP contribution is 2.31. The van der Waals surface area contributed by atoms with Crippen LogP contribution < -0.4 is 5.32 Å². The van der Waals surface area contributed by atoms with Gasteiger partial charge >= 0.3 is 0 Å². The Kier molecular flexibility index (Phi) is 4.63. The van der Waals surface area contributed by atoms with Crippen molar-refractivity contribution in [1.29, 1.82) is 0 Å². The van der Waals surface area contributed by atoms with Gasteiger partial charge in [0.15, 0.2) is 0 Å². The van der Waals surface area contributed by atoms with E-state index in [0.717, 1.165) is 38.1 Å². The number of hydrogen-bond acceptors (Lipinski definition) is 3. The third kappa shape index (κ3) is 3.80. The summed E-state index contributed by atoms with van der Waals surface area (Å²) in [4.78, 5) is 0. The molecule has 1 aliphatic carbocycles. The maximum atomic E-state index is 10.6. The molecule has 0 spiro atoms. The van der Waals surface area contributed by atoms with Crippen LogP contribution in [-0.4, -0.2) is 27.0 Å². The van der Waals surface area contributed by atoms with Gasteiger partial charge in [-0.1, -0.05) is 6.92 Å². The van der Waals surface area contributed by atoms with Gasteiger partial charge in [0.25, 0.3) is 0 Å². The van der Waals surface area contributed by atoms with Crippen molar-refractivity contribution in [2.24, 2.45) is 5.92 Å². The summed E-state index contributed by atoms with van der Waals surface area (Å²) in [5.41, 5.74) is 0.677. The van der Waals surface area contributed by atoms with Gasteiger partial charge in [-0.2, -0.15) is 5.10 Å². The van der Waals surface area contributed by atoms with Crippen LogP contribution in [-0.2, 0) is 6.54 Å². The molecule has 0 bridgehead atoms. The molecule has 1 heterocycles. The van der Waals surface area contributed by atoms with Crippen LogP contribution in [0, 0.1) is 5.92 Å². The van der Waals surface area contributed by atoms with Crippen molar-refractivity contribution < 1.29 is 5.11 Å². The highest BCUT2D eigenvalue weighted by molar-refractivity contribution is 5.09. The normalized spacial score (nSPS) is 29.4. The van der Waals surface area contributed by atoms with E-state index in [1.165, 1.54) is 5.56 Å². The summed E-state index contributed by atoms with van der Waals surface area (Å²) in [6, 6.07) is 0.240. The predicted octanol–water partition coefficient (Wildman–Crippen LogP) is 2.49. The first-order valence-corrected chi connectivity index (χ1v) is 7.50. The average molecular weight is 265 g/mol. The quantitative estimate of drug-likeness (QED) is 0.860. The van der Waals surface area contributed by atoms with Crippen LogP contribution in [0.5, 0.6) is 0 Å². The van der Waals surface area contributed by atoms with Crippen molar-refractivity contribution in [3.05, 3.63) is 18.0 Å². The fourth-order valence-corrected chi connectivity index (χ4v) is 2.71. The Hall–Kier alpha value is -0.870. The number of aryl methyl sites for hydroxylation is 1. The largest absolute Gasteiger partial charge is 0.389 e. The van der Waals surface area contributed by atoms with Crippen LogP contribution in [0.2, 0.25) is 0 Å². The molecule has 4 nitrogen and oxygen atoms in total. The van der Waals surface area contributed by atoms with Gasteiger partial charge in [0.2, 0.25) is 0 Å². The highest BCUT2D eigenvalue weighted by Gasteiger charge is 2.31. The second-order valence-corrected chi connectivity index (χ2v) is 6.14. The predicted molar refractivity (Wildman–Crippen MR) is 76.9 cm³/mol. The molecule has 4 heteroatoms. The topological polar surface area (TPSA) is 50.1 Å². The van der Waals surface area contributed by atoms with E-state index >= 15 is 0 Å². The first-order chi connectivity index (χ1) is 9.02. The lowest BCUT2D eigenvalue weighted by atomic mass is 9.79. The van der Waals surface area contributed by atoms with E-state index in [-0.39, 0.29) is 6.04 Å². The molecule has 1 aliphatic rings. The van der Waals surface area contributed by atoms with Gasteiger partial charge in [0.05, 0.1) is 11.8 Å². The number of hydrogen-bond donors (Lipinski definition) is 2. The number of rotatable bonds is 5. The Balaban J connectivity index is 1.84. The Labute approximate surface area is 116 Å². The minimum atomic E-state index is -0.512. The lowest BCUT2D eigenvalue weighted by Gasteiger charge is -2.35. The van der Waals surface area contributed by atoms with Gasteiger partial charge in [0.1, 0.15) is 0 Å². The summed E-state index contributed by atoms with van der Waals surface area (Å²) >= 11 is 0. The minimum absolute atomic E-state index is 0.240. The van der Waals surface area contributed by atoms with Gasteiger partial charge in [-0.15, -0.1) is 0 Å². The molecule has 1 aromatic rings. The lowest BCUT2D eigenvalue weighted by molar-refractivity contribution is -0.00784. The molecule has 1 unspecified atom stereocenters. The monoisotopic (exact) mass is 265 g/mol. The maximum absolute atomic E-state index is 10.6. The number of nitrogens with zero attached hydrogens (tertiary/aromatic N) is 2. The number of aliphatic hydroxyl groups is 1. The lowest BCUT2D eigenvalue weighted by Crippen LogP contribution is -2.43. The van der Waals surface area contributed by atoms with Gasteiger partial charge < -0.3 is 10.4 Å². The van der Waals surface area contributed by atoms with Crippen LogP contribution in [0.1, 0.15) is 58.1 Å². The van der Waals surface area contributed by atoms with E-state index < -0.39 is 5.60 Å². The molecular formula is C15H27N3O. The first kappa shape index (κ1) is 14.5. The van der Waals surface area contributed by atoms with E-state index in [1.54, 1.807) is 0 Å². The van der Waals surface area contributed by atoms with Crippen LogP contribution in [0.4, 0.5) is 0 Å². The third-order valence-corrected chi connectivity index (χ3v) is 4.42. The molecule has 1 saturated carbocycles. The molecule has 19 heavy (non-hydrogen) atoms. The van der Waals surface area contributed by atoms with Crippen molar-refractivity contribution in [3.8, 4) is 0 Å². The van der Waals surface area contributed by atoms with Crippen molar-refractivity contribution in [2.45, 2.75) is 64.6 Å². The fraction of sp³-hybridized carbons (Fsp3) is 0.800. The Bertz CT molecular complexity index is 394. The zero-order valence-electron chi connectivity index (χ0n) is 12.4. The summed E-state index contributed by atoms with van der Waals surface area (Å²) in [6.07, 6.45) is 8.10. The van der Waals surface area contributed by atoms with Crippen molar-refractivity contribution in [1.82, 2.24) is 15.1 Å². The minimum Gasteiger partial charge on any atom is -0.389 e. The summed E-state index contributed by atoms with van der Waals surface area (Å²) in [5.74, 6) is 0.764. The summed E-state index contributed by atoms with van der Waals surface area (Å²) in [7, 11) is 0. The molecular weight excluding hydrogens is 238 g/mol. The van der Waals surface area contributed by atoms with E-state index in [1.807, 2.05) is 10.9 Å². The van der Waals surface area contributed by atoms with Gasteiger partial charge in [0, 0.05) is 30.9 Å². The van der Waals surface area contributed by atoms with Crippen molar-refractivity contribution in [3.63, 3.8) is 0 Å². The van der Waals surface area contributed by atoms with Crippen LogP contribution >= 0.6 is 0 Å². The molecule has 1 aromatic heterocycles. The summed E-state index contributed by atoms with van der Waals surface area (Å²) in [6.45, 7) is 8.06. The summed E-state index contributed by atoms with van der Waals surface area (Å²) < 4.78 is 1.94. The molecule has 0 amide bonds. The van der Waals surface area contributed by atoms with Crippen LogP contribution in [0.25, 0.3) is 0 Å². The molecule has 2 N–H and O–H groups in total. The number of aromatic nitrogens is 2. The molecule has 0 aliphatic heterocycles. The molecule has 1 fully saturated rings. The Morgan fingerprint density at radius 2 is 2.21 bits per heavy atom. The third-order valence-electron chi connectivity index (χ3n) is 4.42. The van der Waals surface area contributed by atoms with E-state index in [2.05, 4.69) is 37.4 Å². The molecule has 108 valence electrons. The summed E-state index contributed by atoms with van der Waals surface area (Å²) in [5, 5.41) is 18.3. The first-order valence-electron chi connectivity index (χ1n) is 7.50. The SMILES string of the molecule is CCn1cc(C(C)NCC2(O)CCC(C)CC2)cn1. The van der Waals surface area contributed by atoms with Gasteiger partial charge in [-0.3, -0.25) is 4.68 Å². The highest BCUT2D eigenvalue weighted by atomic mass is 16.3. The molecule has 1 atom stereocenters. The standard InChI is InChI=1S/C15H27N3O/c1-4-18-10-14(9-17-18)13(3)16-11-15(19)7-5-12(2)6-8-15/h9-10,12-13,16,19H,4-8,11H2,1-3H3. The van der Waals surface area contributed by atoms with Gasteiger partial charge in [-0.25, -0.2) is 0 Å².